The number of rotatable bonds is 5. The van der Waals surface area contributed by atoms with Crippen molar-refractivity contribution in [3.8, 4) is 0 Å². The van der Waals surface area contributed by atoms with Gasteiger partial charge in [-0.05, 0) is 31.5 Å². The lowest BCUT2D eigenvalue weighted by Crippen LogP contribution is -2.41. The van der Waals surface area contributed by atoms with Crippen molar-refractivity contribution in [3.05, 3.63) is 83.7 Å². The highest BCUT2D eigenvalue weighted by Gasteiger charge is 2.26. The molecular formula is C19H20N4O. The first-order valence-corrected chi connectivity index (χ1v) is 7.87. The largest absolute Gasteiger partial charge is 0.341 e. The van der Waals surface area contributed by atoms with Gasteiger partial charge in [0.1, 0.15) is 5.69 Å². The zero-order chi connectivity index (χ0) is 17.0. The van der Waals surface area contributed by atoms with Gasteiger partial charge in [-0.3, -0.25) is 4.79 Å². The maximum absolute atomic E-state index is 12.4. The Balaban J connectivity index is 1.72. The lowest BCUT2D eigenvalue weighted by Gasteiger charge is -2.23. The predicted molar refractivity (Wildman–Crippen MR) is 92.5 cm³/mol. The SMILES string of the molecule is CC(C)(NC(=O)c1ccccc1)c1cn(Cc2ccccc2)nn1. The van der Waals surface area contributed by atoms with Gasteiger partial charge in [0.2, 0.25) is 0 Å². The first-order chi connectivity index (χ1) is 11.5. The molecule has 1 amide bonds. The molecule has 3 rings (SSSR count). The summed E-state index contributed by atoms with van der Waals surface area (Å²) in [7, 11) is 0. The summed E-state index contributed by atoms with van der Waals surface area (Å²) in [4.78, 5) is 12.4. The van der Waals surface area contributed by atoms with Crippen molar-refractivity contribution in [2.24, 2.45) is 0 Å². The van der Waals surface area contributed by atoms with Gasteiger partial charge < -0.3 is 5.32 Å². The third kappa shape index (κ3) is 3.68. The minimum absolute atomic E-state index is 0.127. The van der Waals surface area contributed by atoms with Crippen LogP contribution in [-0.4, -0.2) is 20.9 Å². The van der Waals surface area contributed by atoms with Gasteiger partial charge in [-0.25, -0.2) is 4.68 Å². The molecule has 3 aromatic rings. The van der Waals surface area contributed by atoms with E-state index in [4.69, 9.17) is 0 Å². The highest BCUT2D eigenvalue weighted by atomic mass is 16.1. The van der Waals surface area contributed by atoms with E-state index in [1.54, 1.807) is 16.8 Å². The van der Waals surface area contributed by atoms with E-state index in [0.717, 1.165) is 11.3 Å². The topological polar surface area (TPSA) is 59.8 Å². The van der Waals surface area contributed by atoms with Gasteiger partial charge in [0.05, 0.1) is 18.3 Å². The zero-order valence-electron chi connectivity index (χ0n) is 13.8. The molecule has 0 aliphatic rings. The number of benzene rings is 2. The van der Waals surface area contributed by atoms with Crippen LogP contribution >= 0.6 is 0 Å². The molecule has 0 bridgehead atoms. The van der Waals surface area contributed by atoms with Crippen molar-refractivity contribution in [2.45, 2.75) is 25.9 Å². The molecule has 0 saturated carbocycles. The Hall–Kier alpha value is -2.95. The fraction of sp³-hybridized carbons (Fsp3) is 0.211. The van der Waals surface area contributed by atoms with Gasteiger partial charge in [0.15, 0.2) is 0 Å². The summed E-state index contributed by atoms with van der Waals surface area (Å²) in [5, 5.41) is 11.4. The number of aromatic nitrogens is 3. The Morgan fingerprint density at radius 1 is 1.04 bits per heavy atom. The molecule has 0 saturated heterocycles. The van der Waals surface area contributed by atoms with Gasteiger partial charge in [-0.15, -0.1) is 5.10 Å². The van der Waals surface area contributed by atoms with Crippen molar-refractivity contribution in [1.29, 1.82) is 0 Å². The molecule has 0 fully saturated rings. The van der Waals surface area contributed by atoms with Crippen molar-refractivity contribution >= 4 is 5.91 Å². The summed E-state index contributed by atoms with van der Waals surface area (Å²) in [6.45, 7) is 4.49. The molecule has 0 unspecified atom stereocenters. The third-order valence-electron chi connectivity index (χ3n) is 3.83. The number of carbonyl (C=O) groups is 1. The van der Waals surface area contributed by atoms with Crippen LogP contribution in [0.4, 0.5) is 0 Å². The van der Waals surface area contributed by atoms with Crippen LogP contribution in [0.1, 0.15) is 35.5 Å². The second-order valence-corrected chi connectivity index (χ2v) is 6.23. The molecule has 122 valence electrons. The van der Waals surface area contributed by atoms with Crippen LogP contribution in [0.2, 0.25) is 0 Å². The minimum atomic E-state index is -0.609. The van der Waals surface area contributed by atoms with Crippen molar-refractivity contribution in [2.75, 3.05) is 0 Å². The van der Waals surface area contributed by atoms with Crippen LogP contribution in [0, 0.1) is 0 Å². The second-order valence-electron chi connectivity index (χ2n) is 6.23. The maximum atomic E-state index is 12.4. The number of nitrogens with zero attached hydrogens (tertiary/aromatic N) is 3. The predicted octanol–water partition coefficient (Wildman–Crippen LogP) is 2.99. The van der Waals surface area contributed by atoms with Crippen molar-refractivity contribution < 1.29 is 4.79 Å². The number of carbonyl (C=O) groups excluding carboxylic acids is 1. The monoisotopic (exact) mass is 320 g/mol. The highest BCUT2D eigenvalue weighted by molar-refractivity contribution is 5.94. The maximum Gasteiger partial charge on any atom is 0.252 e. The molecule has 5 nitrogen and oxygen atoms in total. The van der Waals surface area contributed by atoms with E-state index in [2.05, 4.69) is 15.6 Å². The molecule has 2 aromatic carbocycles. The van der Waals surface area contributed by atoms with Crippen LogP contribution in [-0.2, 0) is 12.1 Å². The van der Waals surface area contributed by atoms with Crippen molar-refractivity contribution in [3.63, 3.8) is 0 Å². The van der Waals surface area contributed by atoms with Gasteiger partial charge in [-0.2, -0.15) is 0 Å². The minimum Gasteiger partial charge on any atom is -0.341 e. The van der Waals surface area contributed by atoms with E-state index >= 15 is 0 Å². The van der Waals surface area contributed by atoms with E-state index in [9.17, 15) is 4.79 Å². The van der Waals surface area contributed by atoms with Crippen LogP contribution in [0.25, 0.3) is 0 Å². The molecule has 1 aromatic heterocycles. The number of amides is 1. The summed E-state index contributed by atoms with van der Waals surface area (Å²) in [6, 6.07) is 19.2. The summed E-state index contributed by atoms with van der Waals surface area (Å²) >= 11 is 0. The molecule has 0 atom stereocenters. The fourth-order valence-corrected chi connectivity index (χ4v) is 2.44. The Morgan fingerprint density at radius 2 is 1.67 bits per heavy atom. The summed E-state index contributed by atoms with van der Waals surface area (Å²) < 4.78 is 1.78. The molecule has 1 N–H and O–H groups in total. The van der Waals surface area contributed by atoms with E-state index in [0.29, 0.717) is 12.1 Å². The standard InChI is InChI=1S/C19H20N4O/c1-19(2,20-18(24)16-11-7-4-8-12-16)17-14-23(22-21-17)13-15-9-5-3-6-10-15/h3-12,14H,13H2,1-2H3,(H,20,24). The molecule has 24 heavy (non-hydrogen) atoms. The van der Waals surface area contributed by atoms with Gasteiger partial charge in [0, 0.05) is 5.56 Å². The van der Waals surface area contributed by atoms with E-state index in [1.807, 2.05) is 68.6 Å². The summed E-state index contributed by atoms with van der Waals surface area (Å²) in [5.41, 5.74) is 1.90. The molecule has 1 heterocycles. The second kappa shape index (κ2) is 6.66. The average Bonchev–Trinajstić information content (AvgIpc) is 3.06. The first-order valence-electron chi connectivity index (χ1n) is 7.87. The average molecular weight is 320 g/mol. The normalized spacial score (nSPS) is 11.2. The third-order valence-corrected chi connectivity index (χ3v) is 3.83. The van der Waals surface area contributed by atoms with Gasteiger partial charge in [-0.1, -0.05) is 53.7 Å². The van der Waals surface area contributed by atoms with E-state index < -0.39 is 5.54 Å². The smallest absolute Gasteiger partial charge is 0.252 e. The molecule has 0 spiro atoms. The number of nitrogens with one attached hydrogen (secondary N) is 1. The lowest BCUT2D eigenvalue weighted by atomic mass is 10.0. The lowest BCUT2D eigenvalue weighted by molar-refractivity contribution is 0.0910. The van der Waals surface area contributed by atoms with Gasteiger partial charge >= 0.3 is 0 Å². The summed E-state index contributed by atoms with van der Waals surface area (Å²) in [6.07, 6.45) is 1.87. The van der Waals surface area contributed by atoms with Gasteiger partial charge in [0.25, 0.3) is 5.91 Å². The molecular weight excluding hydrogens is 300 g/mol. The highest BCUT2D eigenvalue weighted by Crippen LogP contribution is 2.18. The Kier molecular flexibility index (Phi) is 4.42. The van der Waals surface area contributed by atoms with E-state index in [-0.39, 0.29) is 5.91 Å². The fourth-order valence-electron chi connectivity index (χ4n) is 2.44. The quantitative estimate of drug-likeness (QED) is 0.786. The summed E-state index contributed by atoms with van der Waals surface area (Å²) in [5.74, 6) is -0.127. The van der Waals surface area contributed by atoms with Crippen LogP contribution in [0.3, 0.4) is 0 Å². The Morgan fingerprint density at radius 3 is 2.33 bits per heavy atom. The Labute approximate surface area is 141 Å². The van der Waals surface area contributed by atoms with Crippen LogP contribution < -0.4 is 5.32 Å². The molecule has 0 aliphatic carbocycles. The van der Waals surface area contributed by atoms with E-state index in [1.165, 1.54) is 0 Å². The number of hydrogen-bond donors (Lipinski definition) is 1. The molecule has 5 heteroatoms. The van der Waals surface area contributed by atoms with Crippen LogP contribution in [0.15, 0.2) is 66.9 Å². The first kappa shape index (κ1) is 15.9. The molecule has 0 radical (unpaired) electrons. The Bertz CT molecular complexity index is 810. The molecule has 0 aliphatic heterocycles. The van der Waals surface area contributed by atoms with Crippen LogP contribution in [0.5, 0.6) is 0 Å². The zero-order valence-corrected chi connectivity index (χ0v) is 13.8. The number of hydrogen-bond acceptors (Lipinski definition) is 3. The van der Waals surface area contributed by atoms with Crippen molar-refractivity contribution in [1.82, 2.24) is 20.3 Å².